The first-order valence-corrected chi connectivity index (χ1v) is 41.4. The van der Waals surface area contributed by atoms with E-state index in [4.69, 9.17) is 18.6 Å². The van der Waals surface area contributed by atoms with E-state index in [1.807, 2.05) is 0 Å². The molecule has 0 bridgehead atoms. The smallest absolute Gasteiger partial charge is 0 e. The number of thiol groups is 4. The van der Waals surface area contributed by atoms with Crippen LogP contribution in [-0.2, 0) is 122 Å². The molecule has 0 aromatic heterocycles. The minimum Gasteiger partial charge on any atom is -0.813 e. The van der Waals surface area contributed by atoms with E-state index in [1.54, 1.807) is 0 Å². The summed E-state index contributed by atoms with van der Waals surface area (Å²) in [6, 6.07) is 0. The van der Waals surface area contributed by atoms with Gasteiger partial charge in [0.05, 0.1) is 0 Å². The summed E-state index contributed by atoms with van der Waals surface area (Å²) in [5.41, 5.74) is 0. The van der Waals surface area contributed by atoms with Gasteiger partial charge in [-0.15, -0.1) is 0 Å². The molecule has 0 unspecified atom stereocenters. The average molecular weight is 997 g/mol. The third-order valence-electron chi connectivity index (χ3n) is 2.68. The first kappa shape index (κ1) is 82.5. The average Bonchev–Trinajstić information content (AvgIpc) is 2.19. The van der Waals surface area contributed by atoms with Crippen LogP contribution in [0.3, 0.4) is 0 Å². The zero-order valence-electron chi connectivity index (χ0n) is 33.0. The van der Waals surface area contributed by atoms with E-state index in [-0.39, 0.29) is 122 Å². The van der Waals surface area contributed by atoms with Gasteiger partial charge in [-0.25, -0.2) is 0 Å². The molecule has 0 aliphatic heterocycles. The van der Waals surface area contributed by atoms with Crippen LogP contribution in [0.4, 0.5) is 0 Å². The number of nitrogens with zero attached hydrogens (tertiary/aromatic N) is 4. The monoisotopic (exact) mass is 996 g/mol. The zero-order valence-corrected chi connectivity index (χ0v) is 49.0. The minimum atomic E-state index is -1.11. The van der Waals surface area contributed by atoms with Crippen LogP contribution in [0.15, 0.2) is 0 Å². The number of rotatable bonds is 8. The standard InChI is InChI=1S/4C6H18NSi2.4Fe.4H2S/c4*1-8(2,3)7-9(4,5)6;;;;;;;;/h4*1-6H3;;;;;4*1H2/q4*-1;;;;;;;;/p-4. The van der Waals surface area contributed by atoms with Gasteiger partial charge in [-0.3, -0.25) is 0 Å². The van der Waals surface area contributed by atoms with Gasteiger partial charge in [0.15, 0.2) is 0 Å². The largest absolute Gasteiger partial charge is 0.813 e. The Labute approximate surface area is 359 Å². The Morgan fingerprint density at radius 3 is 0.227 bits per heavy atom. The Morgan fingerprint density at radius 2 is 0.227 bits per heavy atom. The molecule has 288 valence electrons. The molecule has 0 aromatic carbocycles. The van der Waals surface area contributed by atoms with Gasteiger partial charge in [0.2, 0.25) is 0 Å². The fraction of sp³-hybridized carbons (Fsp3) is 1.00. The minimum absolute atomic E-state index is 0. The van der Waals surface area contributed by atoms with Crippen LogP contribution in [0.2, 0.25) is 157 Å². The molecule has 0 aliphatic rings. The van der Waals surface area contributed by atoms with Crippen molar-refractivity contribution in [2.75, 3.05) is 0 Å². The van der Waals surface area contributed by atoms with Crippen molar-refractivity contribution >= 4 is 120 Å². The van der Waals surface area contributed by atoms with Gasteiger partial charge >= 0.3 is 0 Å². The molecule has 0 aromatic rings. The van der Waals surface area contributed by atoms with Gasteiger partial charge in [-0.2, -0.15) is 0 Å². The molecule has 0 amide bonds. The van der Waals surface area contributed by atoms with Gasteiger partial charge in [0, 0.05) is 68.3 Å². The molecule has 0 N–H and O–H groups in total. The van der Waals surface area contributed by atoms with Crippen LogP contribution in [0.5, 0.6) is 0 Å². The van der Waals surface area contributed by atoms with Crippen molar-refractivity contribution in [1.82, 2.24) is 0 Å². The first-order valence-electron chi connectivity index (χ1n) is 13.8. The molecule has 0 aliphatic carbocycles. The normalized spacial score (nSPS) is 11.5. The summed E-state index contributed by atoms with van der Waals surface area (Å²) < 4.78 is 19.3. The summed E-state index contributed by atoms with van der Waals surface area (Å²) in [6.07, 6.45) is 0. The molecule has 0 rings (SSSR count). The third-order valence-corrected chi connectivity index (χ3v) is 24.1. The first-order chi connectivity index (χ1) is 14.8. The van der Waals surface area contributed by atoms with Crippen LogP contribution in [0.1, 0.15) is 0 Å². The van der Waals surface area contributed by atoms with E-state index in [0.29, 0.717) is 0 Å². The molecule has 4 nitrogen and oxygen atoms in total. The van der Waals surface area contributed by atoms with Crippen LogP contribution >= 0.6 is 0 Å². The van der Waals surface area contributed by atoms with Crippen molar-refractivity contribution < 1.29 is 68.3 Å². The summed E-state index contributed by atoms with van der Waals surface area (Å²) in [5, 5.41) is 0. The molecule has 0 saturated carbocycles. The Bertz CT molecular complexity index is 447. The molecule has 0 atom stereocenters. The van der Waals surface area contributed by atoms with E-state index in [1.165, 1.54) is 0 Å². The molecule has 0 saturated heterocycles. The van der Waals surface area contributed by atoms with Crippen LogP contribution < -0.4 is 0 Å². The molecule has 0 spiro atoms. The molecule has 0 radical (unpaired) electrons. The Morgan fingerprint density at radius 1 is 0.182 bits per heavy atom. The zero-order chi connectivity index (χ0) is 30.8. The molecule has 0 heterocycles. The third kappa shape index (κ3) is 118. The summed E-state index contributed by atoms with van der Waals surface area (Å²) >= 11 is 0. The summed E-state index contributed by atoms with van der Waals surface area (Å²) in [7, 11) is -8.85. The Kier molecular flexibility index (Phi) is 61.3. The maximum Gasteiger partial charge on any atom is 0 e. The van der Waals surface area contributed by atoms with E-state index >= 15 is 0 Å². The predicted octanol–water partition coefficient (Wildman–Crippen LogP) is 11.0. The molecule has 44 heavy (non-hydrogen) atoms. The topological polar surface area (TPSA) is 56.4 Å². The molecule has 0 fully saturated rings. The van der Waals surface area contributed by atoms with E-state index in [9.17, 15) is 0 Å². The number of hydrogen-bond donors (Lipinski definition) is 0. The quantitative estimate of drug-likeness (QED) is 0.138. The van der Waals surface area contributed by atoms with Crippen LogP contribution in [-0.4, -0.2) is 65.9 Å². The molecular formula is C24H76Fe4N4S4Si8-8. The number of hydrogen-bond acceptors (Lipinski definition) is 4. The van der Waals surface area contributed by atoms with Crippen LogP contribution in [0.25, 0.3) is 18.6 Å². The van der Waals surface area contributed by atoms with Crippen molar-refractivity contribution in [2.45, 2.75) is 157 Å². The second-order valence-corrected chi connectivity index (χ2v) is 56.1. The van der Waals surface area contributed by atoms with Crippen molar-refractivity contribution in [2.24, 2.45) is 0 Å². The Balaban J connectivity index is -0.0000000293. The maximum absolute atomic E-state index is 4.82. The summed E-state index contributed by atoms with van der Waals surface area (Å²) in [4.78, 5) is 0. The Hall–Kier alpha value is 5.05. The van der Waals surface area contributed by atoms with Gasteiger partial charge in [0.1, 0.15) is 0 Å². The van der Waals surface area contributed by atoms with Gasteiger partial charge in [-0.1, -0.05) is 223 Å². The van der Waals surface area contributed by atoms with E-state index in [0.717, 1.165) is 0 Å². The predicted molar refractivity (Wildman–Crippen MR) is 235 cm³/mol. The SMILES string of the molecule is C[Si](C)(C)[N-][Si](C)(C)C.C[Si](C)(C)[N-][Si](C)(C)C.C[Si](C)(C)[N-][Si](C)(C)C.C[Si](C)(C)[N-][Si](C)(C)C.[Fe].[Fe].[Fe].[Fe].[SH-].[SH-].[SH-].[SH-]. The second-order valence-electron chi connectivity index (χ2n) is 17.8. The van der Waals surface area contributed by atoms with Gasteiger partial charge < -0.3 is 72.6 Å². The van der Waals surface area contributed by atoms with Gasteiger partial charge in [0.25, 0.3) is 0 Å². The fourth-order valence-electron chi connectivity index (χ4n) is 4.02. The summed E-state index contributed by atoms with van der Waals surface area (Å²) in [5.74, 6) is 0. The molecule has 20 heteroatoms. The summed E-state index contributed by atoms with van der Waals surface area (Å²) in [6.45, 7) is 55.1. The van der Waals surface area contributed by atoms with E-state index in [2.05, 4.69) is 157 Å². The van der Waals surface area contributed by atoms with Crippen LogP contribution in [0, 0.1) is 0 Å². The maximum atomic E-state index is 4.82. The van der Waals surface area contributed by atoms with Gasteiger partial charge in [-0.05, 0) is 0 Å². The molecular weight excluding hydrogens is 921 g/mol. The van der Waals surface area contributed by atoms with Crippen molar-refractivity contribution in [1.29, 1.82) is 0 Å². The van der Waals surface area contributed by atoms with Crippen molar-refractivity contribution in [3.63, 3.8) is 0 Å². The fourth-order valence-corrected chi connectivity index (χ4v) is 36.2. The van der Waals surface area contributed by atoms with Crippen molar-refractivity contribution in [3.05, 3.63) is 18.6 Å². The van der Waals surface area contributed by atoms with Crippen molar-refractivity contribution in [3.8, 4) is 0 Å². The van der Waals surface area contributed by atoms with E-state index < -0.39 is 65.9 Å². The second kappa shape index (κ2) is 32.7.